The highest BCUT2D eigenvalue weighted by Gasteiger charge is 2.21. The first-order chi connectivity index (χ1) is 5.38. The molecule has 11 heavy (non-hydrogen) atoms. The maximum absolute atomic E-state index is 3.88. The fourth-order valence-corrected chi connectivity index (χ4v) is 2.06. The van der Waals surface area contributed by atoms with Crippen molar-refractivity contribution in [1.29, 1.82) is 0 Å². The van der Waals surface area contributed by atoms with Gasteiger partial charge in [0.15, 0.2) is 0 Å². The summed E-state index contributed by atoms with van der Waals surface area (Å²) < 4.78 is 0. The van der Waals surface area contributed by atoms with Crippen molar-refractivity contribution in [3.05, 3.63) is 25.3 Å². The summed E-state index contributed by atoms with van der Waals surface area (Å²) >= 11 is 0. The highest BCUT2D eigenvalue weighted by molar-refractivity contribution is 4.90. The molecule has 1 atom stereocenters. The molecule has 0 N–H and O–H groups in total. The molecule has 0 bridgehead atoms. The average Bonchev–Trinajstić information content (AvgIpc) is 2.52. The third kappa shape index (κ3) is 2.21. The summed E-state index contributed by atoms with van der Waals surface area (Å²) in [6.07, 6.45) is 10.9. The van der Waals surface area contributed by atoms with Gasteiger partial charge in [-0.25, -0.2) is 0 Å². The van der Waals surface area contributed by atoms with Crippen LogP contribution in [0.25, 0.3) is 0 Å². The molecule has 62 valence electrons. The molecule has 0 heterocycles. The summed E-state index contributed by atoms with van der Waals surface area (Å²) in [5.74, 6) is 1.61. The van der Waals surface area contributed by atoms with Gasteiger partial charge in [0.25, 0.3) is 0 Å². The molecule has 0 aromatic heterocycles. The summed E-state index contributed by atoms with van der Waals surface area (Å²) in [7, 11) is 0. The van der Waals surface area contributed by atoms with Crippen molar-refractivity contribution in [2.24, 2.45) is 11.8 Å². The van der Waals surface area contributed by atoms with Gasteiger partial charge in [-0.2, -0.15) is 0 Å². The Morgan fingerprint density at radius 2 is 1.91 bits per heavy atom. The minimum absolute atomic E-state index is 0.704. The Labute approximate surface area is 70.0 Å². The largest absolute Gasteiger partial charge is 0.103 e. The Balaban J connectivity index is 2.39. The van der Waals surface area contributed by atoms with E-state index in [2.05, 4.69) is 19.2 Å². The van der Waals surface area contributed by atoms with Crippen LogP contribution < -0.4 is 0 Å². The zero-order valence-electron chi connectivity index (χ0n) is 7.26. The first-order valence-electron chi connectivity index (χ1n) is 4.62. The Hall–Kier alpha value is -0.520. The zero-order chi connectivity index (χ0) is 8.10. The van der Waals surface area contributed by atoms with Crippen LogP contribution >= 0.6 is 0 Å². The Morgan fingerprint density at radius 3 is 2.36 bits per heavy atom. The molecule has 1 unspecified atom stereocenters. The summed E-state index contributed by atoms with van der Waals surface area (Å²) in [6, 6.07) is 0. The van der Waals surface area contributed by atoms with Crippen LogP contribution in [0.5, 0.6) is 0 Å². The lowest BCUT2D eigenvalue weighted by Gasteiger charge is -2.17. The lowest BCUT2D eigenvalue weighted by Crippen LogP contribution is -2.07. The van der Waals surface area contributed by atoms with Gasteiger partial charge in [-0.1, -0.05) is 25.0 Å². The van der Waals surface area contributed by atoms with Crippen LogP contribution in [0.3, 0.4) is 0 Å². The molecule has 1 fully saturated rings. The molecule has 0 heteroatoms. The van der Waals surface area contributed by atoms with Gasteiger partial charge in [0.1, 0.15) is 0 Å². The van der Waals surface area contributed by atoms with E-state index in [1.54, 1.807) is 0 Å². The number of allylic oxidation sites excluding steroid dienone is 2. The first-order valence-corrected chi connectivity index (χ1v) is 4.62. The van der Waals surface area contributed by atoms with Gasteiger partial charge < -0.3 is 0 Å². The third-order valence-corrected chi connectivity index (χ3v) is 2.75. The Morgan fingerprint density at radius 1 is 1.27 bits per heavy atom. The summed E-state index contributed by atoms with van der Waals surface area (Å²) in [5, 5.41) is 0. The normalized spacial score (nSPS) is 21.5. The van der Waals surface area contributed by atoms with E-state index in [0.717, 1.165) is 12.3 Å². The lowest BCUT2D eigenvalue weighted by molar-refractivity contribution is 0.409. The Bertz CT molecular complexity index is 129. The molecule has 0 spiro atoms. The van der Waals surface area contributed by atoms with Crippen LogP contribution in [0.2, 0.25) is 0 Å². The number of hydrogen-bond donors (Lipinski definition) is 0. The van der Waals surface area contributed by atoms with Crippen molar-refractivity contribution >= 4 is 0 Å². The molecular weight excluding hydrogens is 132 g/mol. The first kappa shape index (κ1) is 8.58. The van der Waals surface area contributed by atoms with Crippen LogP contribution in [-0.2, 0) is 0 Å². The molecule has 0 aromatic carbocycles. The standard InChI is InChI=1S/C11H18/c1-3-7-10(4-2)11-8-5-6-9-11/h3-4,10-11H,1-2,5-9H2. The van der Waals surface area contributed by atoms with Crippen LogP contribution in [0.4, 0.5) is 0 Å². The van der Waals surface area contributed by atoms with E-state index in [4.69, 9.17) is 0 Å². The summed E-state index contributed by atoms with van der Waals surface area (Å²) in [6.45, 7) is 7.65. The van der Waals surface area contributed by atoms with E-state index in [1.165, 1.54) is 25.7 Å². The van der Waals surface area contributed by atoms with Gasteiger partial charge in [0.2, 0.25) is 0 Å². The van der Waals surface area contributed by atoms with Gasteiger partial charge in [-0.05, 0) is 31.1 Å². The maximum atomic E-state index is 3.88. The average molecular weight is 150 g/mol. The lowest BCUT2D eigenvalue weighted by atomic mass is 9.88. The molecule has 1 aliphatic carbocycles. The fourth-order valence-electron chi connectivity index (χ4n) is 2.06. The van der Waals surface area contributed by atoms with E-state index in [0.29, 0.717) is 5.92 Å². The van der Waals surface area contributed by atoms with Gasteiger partial charge >= 0.3 is 0 Å². The molecule has 1 saturated carbocycles. The zero-order valence-corrected chi connectivity index (χ0v) is 7.26. The Kier molecular flexibility index (Phi) is 3.41. The van der Waals surface area contributed by atoms with Gasteiger partial charge in [0.05, 0.1) is 0 Å². The fraction of sp³-hybridized carbons (Fsp3) is 0.636. The molecule has 0 saturated heterocycles. The van der Waals surface area contributed by atoms with E-state index >= 15 is 0 Å². The van der Waals surface area contributed by atoms with Crippen molar-refractivity contribution < 1.29 is 0 Å². The van der Waals surface area contributed by atoms with Crippen LogP contribution in [0.1, 0.15) is 32.1 Å². The van der Waals surface area contributed by atoms with Crippen molar-refractivity contribution in [2.45, 2.75) is 32.1 Å². The minimum atomic E-state index is 0.704. The van der Waals surface area contributed by atoms with Crippen molar-refractivity contribution in [2.75, 3.05) is 0 Å². The van der Waals surface area contributed by atoms with E-state index < -0.39 is 0 Å². The maximum Gasteiger partial charge on any atom is -0.0173 e. The summed E-state index contributed by atoms with van der Waals surface area (Å²) in [4.78, 5) is 0. The van der Waals surface area contributed by atoms with Gasteiger partial charge in [-0.3, -0.25) is 0 Å². The summed E-state index contributed by atoms with van der Waals surface area (Å²) in [5.41, 5.74) is 0. The third-order valence-electron chi connectivity index (χ3n) is 2.75. The molecule has 1 aliphatic rings. The SMILES string of the molecule is C=CCC(C=C)C1CCCC1. The predicted octanol–water partition coefficient (Wildman–Crippen LogP) is 3.55. The highest BCUT2D eigenvalue weighted by atomic mass is 14.3. The molecule has 0 aliphatic heterocycles. The quantitative estimate of drug-likeness (QED) is 0.537. The van der Waals surface area contributed by atoms with Crippen LogP contribution in [-0.4, -0.2) is 0 Å². The number of rotatable bonds is 4. The molecular formula is C11H18. The molecule has 0 radical (unpaired) electrons. The van der Waals surface area contributed by atoms with Crippen LogP contribution in [0.15, 0.2) is 25.3 Å². The monoisotopic (exact) mass is 150 g/mol. The second kappa shape index (κ2) is 4.38. The van der Waals surface area contributed by atoms with Crippen molar-refractivity contribution in [3.8, 4) is 0 Å². The topological polar surface area (TPSA) is 0 Å². The smallest absolute Gasteiger partial charge is 0.0173 e. The minimum Gasteiger partial charge on any atom is -0.103 e. The number of hydrogen-bond acceptors (Lipinski definition) is 0. The molecule has 0 amide bonds. The van der Waals surface area contributed by atoms with Gasteiger partial charge in [0, 0.05) is 0 Å². The second-order valence-corrected chi connectivity index (χ2v) is 3.47. The van der Waals surface area contributed by atoms with E-state index in [9.17, 15) is 0 Å². The van der Waals surface area contributed by atoms with E-state index in [1.807, 2.05) is 6.08 Å². The van der Waals surface area contributed by atoms with Crippen molar-refractivity contribution in [3.63, 3.8) is 0 Å². The predicted molar refractivity (Wildman–Crippen MR) is 50.5 cm³/mol. The van der Waals surface area contributed by atoms with E-state index in [-0.39, 0.29) is 0 Å². The molecule has 1 rings (SSSR count). The van der Waals surface area contributed by atoms with Gasteiger partial charge in [-0.15, -0.1) is 13.2 Å². The second-order valence-electron chi connectivity index (χ2n) is 3.47. The van der Waals surface area contributed by atoms with Crippen LogP contribution in [0, 0.1) is 11.8 Å². The highest BCUT2D eigenvalue weighted by Crippen LogP contribution is 2.33. The molecule has 0 nitrogen and oxygen atoms in total. The van der Waals surface area contributed by atoms with Crippen molar-refractivity contribution in [1.82, 2.24) is 0 Å². The molecule has 0 aromatic rings.